The van der Waals surface area contributed by atoms with Crippen molar-refractivity contribution in [2.45, 2.75) is 37.6 Å². The van der Waals surface area contributed by atoms with Crippen molar-refractivity contribution in [3.63, 3.8) is 0 Å². The first-order valence-electron chi connectivity index (χ1n) is 8.53. The topological polar surface area (TPSA) is 95.5 Å². The van der Waals surface area contributed by atoms with Crippen LogP contribution in [0.1, 0.15) is 48.7 Å². The molecule has 1 atom stereocenters. The zero-order valence-electron chi connectivity index (χ0n) is 14.9. The second-order valence-corrected chi connectivity index (χ2v) is 7.81. The third-order valence-electron chi connectivity index (χ3n) is 4.03. The van der Waals surface area contributed by atoms with E-state index in [1.807, 2.05) is 44.2 Å². The molecule has 2 aromatic rings. The quantitative estimate of drug-likeness (QED) is 0.581. The van der Waals surface area contributed by atoms with Crippen molar-refractivity contribution in [3.05, 3.63) is 59.7 Å². The van der Waals surface area contributed by atoms with Crippen molar-refractivity contribution >= 4 is 21.7 Å². The number of carboxylic acids is 1. The average molecular weight is 376 g/mol. The van der Waals surface area contributed by atoms with E-state index in [-0.39, 0.29) is 16.5 Å². The van der Waals surface area contributed by atoms with Crippen molar-refractivity contribution in [2.24, 2.45) is 0 Å². The van der Waals surface area contributed by atoms with Gasteiger partial charge in [0.1, 0.15) is 0 Å². The summed E-state index contributed by atoms with van der Waals surface area (Å²) in [6, 6.07) is 13.6. The number of anilines is 1. The van der Waals surface area contributed by atoms with E-state index in [9.17, 15) is 18.3 Å². The molecule has 0 spiro atoms. The Kier molecular flexibility index (Phi) is 6.76. The molecule has 7 heteroatoms. The molecule has 0 bridgehead atoms. The maximum absolute atomic E-state index is 12.3. The molecule has 0 saturated heterocycles. The Bertz CT molecular complexity index is 851. The smallest absolute Gasteiger partial charge is 0.337 e. The summed E-state index contributed by atoms with van der Waals surface area (Å²) in [5, 5.41) is 12.6. The Hall–Kier alpha value is -2.38. The second kappa shape index (κ2) is 8.82. The number of sulfonamides is 1. The van der Waals surface area contributed by atoms with E-state index >= 15 is 0 Å². The molecule has 6 nitrogen and oxygen atoms in total. The summed E-state index contributed by atoms with van der Waals surface area (Å²) in [4.78, 5) is 11.6. The second-order valence-electron chi connectivity index (χ2n) is 6.04. The number of nitrogens with one attached hydrogen (secondary N) is 2. The van der Waals surface area contributed by atoms with Crippen LogP contribution in [0.5, 0.6) is 0 Å². The number of carbonyl (C=O) groups is 1. The van der Waals surface area contributed by atoms with E-state index in [0.717, 1.165) is 18.4 Å². The molecule has 0 saturated carbocycles. The number of benzene rings is 2. The highest BCUT2D eigenvalue weighted by Gasteiger charge is 2.19. The van der Waals surface area contributed by atoms with E-state index < -0.39 is 16.0 Å². The molecule has 0 fully saturated rings. The van der Waals surface area contributed by atoms with Crippen LogP contribution in [0.3, 0.4) is 0 Å². The van der Waals surface area contributed by atoms with Gasteiger partial charge < -0.3 is 10.4 Å². The Morgan fingerprint density at radius 2 is 1.85 bits per heavy atom. The van der Waals surface area contributed by atoms with Crippen LogP contribution in [-0.4, -0.2) is 26.0 Å². The standard InChI is InChI=1S/C19H24N2O4S/c1-3-4-12-20-26(24,25)16-10-11-18(17(13-16)19(22)23)21-14(2)15-8-6-5-7-9-15/h5-11,13-14,20-21H,3-4,12H2,1-2H3,(H,22,23)/t14-/m0/s1. The first-order valence-corrected chi connectivity index (χ1v) is 10.0. The fraction of sp³-hybridized carbons (Fsp3) is 0.316. The first kappa shape index (κ1) is 19.9. The lowest BCUT2D eigenvalue weighted by molar-refractivity contribution is 0.0697. The maximum Gasteiger partial charge on any atom is 0.337 e. The van der Waals surface area contributed by atoms with Gasteiger partial charge in [-0.15, -0.1) is 0 Å². The van der Waals surface area contributed by atoms with Gasteiger partial charge in [-0.3, -0.25) is 0 Å². The van der Waals surface area contributed by atoms with Crippen molar-refractivity contribution in [1.82, 2.24) is 4.72 Å². The number of rotatable bonds is 9. The summed E-state index contributed by atoms with van der Waals surface area (Å²) in [6.45, 7) is 4.20. The summed E-state index contributed by atoms with van der Waals surface area (Å²) in [5.74, 6) is -1.18. The normalized spacial score (nSPS) is 12.5. The monoisotopic (exact) mass is 376 g/mol. The van der Waals surface area contributed by atoms with Gasteiger partial charge in [-0.05, 0) is 37.1 Å². The van der Waals surface area contributed by atoms with Crippen molar-refractivity contribution in [3.8, 4) is 0 Å². The minimum atomic E-state index is -3.73. The van der Waals surface area contributed by atoms with Crippen molar-refractivity contribution in [1.29, 1.82) is 0 Å². The highest BCUT2D eigenvalue weighted by molar-refractivity contribution is 7.89. The molecule has 0 unspecified atom stereocenters. The molecular formula is C19H24N2O4S. The summed E-state index contributed by atoms with van der Waals surface area (Å²) < 4.78 is 27.1. The molecule has 0 amide bonds. The number of aromatic carboxylic acids is 1. The van der Waals surface area contributed by atoms with Gasteiger partial charge in [0.05, 0.1) is 10.5 Å². The van der Waals surface area contributed by atoms with Crippen LogP contribution in [0.4, 0.5) is 5.69 Å². The van der Waals surface area contributed by atoms with Crippen LogP contribution >= 0.6 is 0 Å². The molecule has 0 radical (unpaired) electrons. The minimum Gasteiger partial charge on any atom is -0.478 e. The fourth-order valence-corrected chi connectivity index (χ4v) is 3.62. The van der Waals surface area contributed by atoms with E-state index in [2.05, 4.69) is 10.0 Å². The summed E-state index contributed by atoms with van der Waals surface area (Å²) in [6.07, 6.45) is 1.59. The molecular weight excluding hydrogens is 352 g/mol. The third-order valence-corrected chi connectivity index (χ3v) is 5.48. The summed E-state index contributed by atoms with van der Waals surface area (Å²) in [5.41, 5.74) is 1.30. The van der Waals surface area contributed by atoms with E-state index in [4.69, 9.17) is 0 Å². The predicted molar refractivity (Wildman–Crippen MR) is 102 cm³/mol. The van der Waals surface area contributed by atoms with Crippen LogP contribution in [0.25, 0.3) is 0 Å². The van der Waals surface area contributed by atoms with Gasteiger partial charge in [-0.2, -0.15) is 0 Å². The lowest BCUT2D eigenvalue weighted by Gasteiger charge is -2.18. The largest absolute Gasteiger partial charge is 0.478 e. The molecule has 0 aliphatic heterocycles. The number of carboxylic acid groups (broad SMARTS) is 1. The summed E-state index contributed by atoms with van der Waals surface area (Å²) >= 11 is 0. The Morgan fingerprint density at radius 1 is 1.15 bits per heavy atom. The molecule has 2 rings (SSSR count). The van der Waals surface area contributed by atoms with Gasteiger partial charge in [0.25, 0.3) is 0 Å². The lowest BCUT2D eigenvalue weighted by atomic mass is 10.1. The van der Waals surface area contributed by atoms with Gasteiger partial charge in [0.2, 0.25) is 10.0 Å². The highest BCUT2D eigenvalue weighted by atomic mass is 32.2. The number of unbranched alkanes of at least 4 members (excludes halogenated alkanes) is 1. The van der Waals surface area contributed by atoms with E-state index in [1.165, 1.54) is 18.2 Å². The minimum absolute atomic E-state index is 0.0519. The molecule has 26 heavy (non-hydrogen) atoms. The van der Waals surface area contributed by atoms with E-state index in [0.29, 0.717) is 12.2 Å². The molecule has 0 aliphatic rings. The van der Waals surface area contributed by atoms with Gasteiger partial charge in [0.15, 0.2) is 0 Å². The molecule has 0 aliphatic carbocycles. The number of hydrogen-bond donors (Lipinski definition) is 3. The zero-order chi connectivity index (χ0) is 19.2. The predicted octanol–water partition coefficient (Wildman–Crippen LogP) is 3.64. The van der Waals surface area contributed by atoms with Crippen LogP contribution in [0.2, 0.25) is 0 Å². The molecule has 2 aromatic carbocycles. The maximum atomic E-state index is 12.3. The zero-order valence-corrected chi connectivity index (χ0v) is 15.7. The van der Waals surface area contributed by atoms with Crippen LogP contribution in [0.15, 0.2) is 53.4 Å². The first-order chi connectivity index (χ1) is 12.3. The van der Waals surface area contributed by atoms with Gasteiger partial charge in [0, 0.05) is 18.3 Å². The average Bonchev–Trinajstić information content (AvgIpc) is 2.62. The molecule has 0 aromatic heterocycles. The van der Waals surface area contributed by atoms with Crippen molar-refractivity contribution in [2.75, 3.05) is 11.9 Å². The molecule has 3 N–H and O–H groups in total. The van der Waals surface area contributed by atoms with Crippen LogP contribution in [-0.2, 0) is 10.0 Å². The molecule has 0 heterocycles. The van der Waals surface area contributed by atoms with Crippen LogP contribution < -0.4 is 10.0 Å². The van der Waals surface area contributed by atoms with Crippen molar-refractivity contribution < 1.29 is 18.3 Å². The Morgan fingerprint density at radius 3 is 2.46 bits per heavy atom. The SMILES string of the molecule is CCCCNS(=O)(=O)c1ccc(N[C@@H](C)c2ccccc2)c(C(=O)O)c1. The summed E-state index contributed by atoms with van der Waals surface area (Å²) in [7, 11) is -3.73. The lowest BCUT2D eigenvalue weighted by Crippen LogP contribution is -2.25. The molecule has 140 valence electrons. The number of hydrogen-bond acceptors (Lipinski definition) is 4. The fourth-order valence-electron chi connectivity index (χ4n) is 2.52. The van der Waals surface area contributed by atoms with Crippen LogP contribution in [0, 0.1) is 0 Å². The van der Waals surface area contributed by atoms with Gasteiger partial charge in [-0.1, -0.05) is 43.7 Å². The van der Waals surface area contributed by atoms with Gasteiger partial charge in [-0.25, -0.2) is 17.9 Å². The van der Waals surface area contributed by atoms with E-state index in [1.54, 1.807) is 0 Å². The Balaban J connectivity index is 2.27. The third kappa shape index (κ3) is 5.06. The van der Waals surface area contributed by atoms with Gasteiger partial charge >= 0.3 is 5.97 Å². The Labute approximate surface area is 154 Å². The highest BCUT2D eigenvalue weighted by Crippen LogP contribution is 2.25.